The Balaban J connectivity index is 1.37. The third-order valence-corrected chi connectivity index (χ3v) is 15.8. The standard InChI is InChI=1S/C47H56F2N4O9/c1-8-44-13-9-15-53-17-14-45(38(44)53)32-20-33(36(59-5)21-35(32)51(4)39(45)47(58,42(57)61-7)40(44)62-26(2)55)46(41(56)60-6)22-28-18-29(43(3,48)49)24-52(23-28)16-12-30-31-19-27(25-54)10-11-34(31)50-37(30)46/h9-11,13,19-21,25,28-29,38-40,50,58H,8,12,14-18,22-24H2,1-7H3/t28-,29+,38-,39+,40+,44+,45+,46-,47-/m0/s1. The number of nitrogens with zero attached hydrogens (tertiary/aromatic N) is 3. The molecule has 1 unspecified atom stereocenters. The van der Waals surface area contributed by atoms with Gasteiger partial charge in [0.2, 0.25) is 11.5 Å². The summed E-state index contributed by atoms with van der Waals surface area (Å²) in [5.41, 5.74) is -1.80. The van der Waals surface area contributed by atoms with E-state index in [-0.39, 0.29) is 19.4 Å². The number of fused-ring (bicyclic) bond motifs is 6. The molecule has 6 aliphatic rings. The number of esters is 3. The molecular formula is C47H56F2N4O9. The van der Waals surface area contributed by atoms with Crippen LogP contribution < -0.4 is 9.64 Å². The molecule has 3 aromatic rings. The van der Waals surface area contributed by atoms with Crippen molar-refractivity contribution in [2.24, 2.45) is 17.3 Å². The maximum atomic E-state index is 15.4. The molecule has 1 aliphatic carbocycles. The van der Waals surface area contributed by atoms with Crippen LogP contribution in [0.5, 0.6) is 5.75 Å². The lowest BCUT2D eigenvalue weighted by molar-refractivity contribution is -0.228. The molecule has 2 bridgehead atoms. The van der Waals surface area contributed by atoms with Gasteiger partial charge in [0, 0.05) is 102 Å². The molecular weight excluding hydrogens is 803 g/mol. The Kier molecular flexibility index (Phi) is 9.99. The number of benzene rings is 2. The Morgan fingerprint density at radius 3 is 2.45 bits per heavy atom. The van der Waals surface area contributed by atoms with Crippen LogP contribution in [0.2, 0.25) is 0 Å². The molecule has 6 heterocycles. The minimum Gasteiger partial charge on any atom is -0.496 e. The molecule has 62 heavy (non-hydrogen) atoms. The maximum absolute atomic E-state index is 15.4. The molecule has 2 N–H and O–H groups in total. The number of aldehydes is 1. The molecule has 3 fully saturated rings. The van der Waals surface area contributed by atoms with E-state index in [1.807, 2.05) is 42.2 Å². The predicted molar refractivity (Wildman–Crippen MR) is 225 cm³/mol. The summed E-state index contributed by atoms with van der Waals surface area (Å²) in [6.07, 6.45) is 4.96. The molecule has 2 aromatic carbocycles. The Labute approximate surface area is 359 Å². The number of H-pyrrole nitrogens is 1. The number of anilines is 1. The minimum atomic E-state index is -2.97. The van der Waals surface area contributed by atoms with Crippen LogP contribution in [-0.4, -0.2) is 135 Å². The lowest BCUT2D eigenvalue weighted by Crippen LogP contribution is -2.81. The van der Waals surface area contributed by atoms with Crippen molar-refractivity contribution >= 4 is 40.8 Å². The van der Waals surface area contributed by atoms with Crippen LogP contribution in [-0.2, 0) is 45.8 Å². The van der Waals surface area contributed by atoms with Gasteiger partial charge in [-0.25, -0.2) is 13.6 Å². The van der Waals surface area contributed by atoms with Gasteiger partial charge in [-0.05, 0) is 86.9 Å². The summed E-state index contributed by atoms with van der Waals surface area (Å²) in [5, 5.41) is 14.1. The zero-order chi connectivity index (χ0) is 44.3. The van der Waals surface area contributed by atoms with E-state index in [4.69, 9.17) is 18.9 Å². The number of piperidine rings is 1. The van der Waals surface area contributed by atoms with Gasteiger partial charge in [0.15, 0.2) is 6.10 Å². The van der Waals surface area contributed by atoms with Gasteiger partial charge in [0.1, 0.15) is 17.5 Å². The highest BCUT2D eigenvalue weighted by Gasteiger charge is 2.80. The smallest absolute Gasteiger partial charge is 0.344 e. The van der Waals surface area contributed by atoms with Crippen LogP contribution >= 0.6 is 0 Å². The normalized spacial score (nSPS) is 34.8. The number of aliphatic hydroxyl groups is 1. The fourth-order valence-electron chi connectivity index (χ4n) is 13.6. The highest BCUT2D eigenvalue weighted by atomic mass is 19.3. The van der Waals surface area contributed by atoms with Gasteiger partial charge in [0.05, 0.1) is 27.4 Å². The first-order chi connectivity index (χ1) is 29.5. The van der Waals surface area contributed by atoms with Crippen LogP contribution in [0.15, 0.2) is 42.5 Å². The lowest BCUT2D eigenvalue weighted by Gasteiger charge is -2.63. The summed E-state index contributed by atoms with van der Waals surface area (Å²) in [5.74, 6) is -6.21. The molecule has 0 radical (unpaired) electrons. The molecule has 10 atom stereocenters. The number of hydrogen-bond donors (Lipinski definition) is 2. The number of aromatic amines is 1. The van der Waals surface area contributed by atoms with E-state index in [9.17, 15) is 19.5 Å². The molecule has 2 saturated heterocycles. The van der Waals surface area contributed by atoms with Crippen molar-refractivity contribution in [3.8, 4) is 5.75 Å². The molecule has 9 rings (SSSR count). The molecule has 0 amide bonds. The lowest BCUT2D eigenvalue weighted by atomic mass is 9.47. The number of likely N-dealkylation sites (N-methyl/N-ethyl adjacent to an activating group) is 1. The first-order valence-electron chi connectivity index (χ1n) is 21.6. The summed E-state index contributed by atoms with van der Waals surface area (Å²) in [6.45, 7) is 6.48. The van der Waals surface area contributed by atoms with Crippen LogP contribution in [0.1, 0.15) is 79.2 Å². The fraction of sp³-hybridized carbons (Fsp3) is 0.574. The Morgan fingerprint density at radius 1 is 1.03 bits per heavy atom. The monoisotopic (exact) mass is 858 g/mol. The van der Waals surface area contributed by atoms with Gasteiger partial charge in [-0.1, -0.05) is 19.1 Å². The van der Waals surface area contributed by atoms with E-state index < -0.39 is 75.7 Å². The number of rotatable bonds is 8. The molecule has 332 valence electrons. The summed E-state index contributed by atoms with van der Waals surface area (Å²) < 4.78 is 54.5. The minimum absolute atomic E-state index is 0.0857. The van der Waals surface area contributed by atoms with E-state index in [0.29, 0.717) is 79.2 Å². The van der Waals surface area contributed by atoms with E-state index in [1.165, 1.54) is 28.3 Å². The third-order valence-electron chi connectivity index (χ3n) is 15.8. The average Bonchev–Trinajstić information content (AvgIpc) is 3.91. The SMILES string of the molecule is CC[C@]12C=CCN3CC[C@@]4(c5cc([C@@]6(C(=O)OC)C[C@@H]7C[C@@H](C(C)(F)F)CN(CCc8c6[nH]c6ccc(C=O)cc86)C7)c(OC)cc5N(C)[C@H]4[C@@](O)(C(=O)OC)[C@@H]1OC(C)=O)[C@@H]32. The Morgan fingerprint density at radius 2 is 1.79 bits per heavy atom. The van der Waals surface area contributed by atoms with Gasteiger partial charge in [-0.3, -0.25) is 19.3 Å². The van der Waals surface area contributed by atoms with Crippen LogP contribution in [0.3, 0.4) is 0 Å². The second-order valence-corrected chi connectivity index (χ2v) is 18.7. The topological polar surface area (TPSA) is 151 Å². The quantitative estimate of drug-likeness (QED) is 0.137. The number of aromatic nitrogens is 1. The molecule has 1 saturated carbocycles. The van der Waals surface area contributed by atoms with Gasteiger partial charge in [-0.15, -0.1) is 0 Å². The van der Waals surface area contributed by atoms with Crippen molar-refractivity contribution in [1.82, 2.24) is 14.8 Å². The van der Waals surface area contributed by atoms with Gasteiger partial charge >= 0.3 is 17.9 Å². The molecule has 5 aliphatic heterocycles. The number of carbonyl (C=O) groups is 4. The van der Waals surface area contributed by atoms with Crippen molar-refractivity contribution in [1.29, 1.82) is 0 Å². The van der Waals surface area contributed by atoms with Crippen LogP contribution in [0.25, 0.3) is 10.9 Å². The first kappa shape index (κ1) is 42.4. The maximum Gasteiger partial charge on any atom is 0.344 e. The van der Waals surface area contributed by atoms with Crippen molar-refractivity contribution in [2.45, 2.75) is 93.4 Å². The number of hydrogen-bond acceptors (Lipinski definition) is 12. The summed E-state index contributed by atoms with van der Waals surface area (Å²) in [4.78, 5) is 64.8. The zero-order valence-electron chi connectivity index (χ0n) is 36.4. The van der Waals surface area contributed by atoms with E-state index >= 15 is 13.6 Å². The highest BCUT2D eigenvalue weighted by molar-refractivity contribution is 5.96. The number of methoxy groups -OCH3 is 3. The number of halogens is 2. The van der Waals surface area contributed by atoms with Gasteiger partial charge < -0.3 is 38.8 Å². The zero-order valence-corrected chi connectivity index (χ0v) is 36.4. The van der Waals surface area contributed by atoms with Crippen LogP contribution in [0.4, 0.5) is 14.5 Å². The first-order valence-corrected chi connectivity index (χ1v) is 21.6. The Bertz CT molecular complexity index is 2400. The van der Waals surface area contributed by atoms with E-state index in [0.717, 1.165) is 29.7 Å². The molecule has 1 spiro atoms. The number of alkyl halides is 2. The second-order valence-electron chi connectivity index (χ2n) is 18.7. The van der Waals surface area contributed by atoms with Crippen molar-refractivity contribution < 1.29 is 52.0 Å². The molecule has 15 heteroatoms. The predicted octanol–water partition coefficient (Wildman–Crippen LogP) is 4.93. The molecule has 13 nitrogen and oxygen atoms in total. The van der Waals surface area contributed by atoms with Gasteiger partial charge in [0.25, 0.3) is 0 Å². The van der Waals surface area contributed by atoms with Crippen molar-refractivity contribution in [3.63, 3.8) is 0 Å². The largest absolute Gasteiger partial charge is 0.496 e. The Hall–Kier alpha value is -4.86. The van der Waals surface area contributed by atoms with E-state index in [2.05, 4.69) is 14.8 Å². The van der Waals surface area contributed by atoms with Crippen molar-refractivity contribution in [3.05, 3.63) is 70.4 Å². The van der Waals surface area contributed by atoms with Gasteiger partial charge in [-0.2, -0.15) is 0 Å². The van der Waals surface area contributed by atoms with E-state index in [1.54, 1.807) is 19.2 Å². The fourth-order valence-corrected chi connectivity index (χ4v) is 13.6. The summed E-state index contributed by atoms with van der Waals surface area (Å²) in [6, 6.07) is 7.73. The molecule has 1 aromatic heterocycles. The second kappa shape index (κ2) is 14.6. The third kappa shape index (κ3) is 5.58. The van der Waals surface area contributed by atoms with Crippen LogP contribution in [0, 0.1) is 17.3 Å². The summed E-state index contributed by atoms with van der Waals surface area (Å²) in [7, 11) is 5.85. The number of nitrogens with one attached hydrogen (secondary N) is 1. The summed E-state index contributed by atoms with van der Waals surface area (Å²) >= 11 is 0. The average molecular weight is 859 g/mol. The number of carbonyl (C=O) groups excluding carboxylic acids is 4. The highest BCUT2D eigenvalue weighted by Crippen LogP contribution is 2.68. The van der Waals surface area contributed by atoms with Crippen molar-refractivity contribution in [2.75, 3.05) is 66.0 Å². The number of ether oxygens (including phenoxy) is 4.